The van der Waals surface area contributed by atoms with Crippen molar-refractivity contribution in [3.8, 4) is 0 Å². The molecule has 124 valence electrons. The van der Waals surface area contributed by atoms with Crippen LogP contribution in [0.1, 0.15) is 30.0 Å². The van der Waals surface area contributed by atoms with Gasteiger partial charge in [0, 0.05) is 29.7 Å². The number of hydrogen-bond acceptors (Lipinski definition) is 3. The van der Waals surface area contributed by atoms with Crippen LogP contribution < -0.4 is 5.32 Å². The van der Waals surface area contributed by atoms with Crippen molar-refractivity contribution >= 4 is 33.3 Å². The zero-order chi connectivity index (χ0) is 16.6. The normalized spacial score (nSPS) is 16.8. The monoisotopic (exact) mass is 396 g/mol. The van der Waals surface area contributed by atoms with Crippen LogP contribution in [0.5, 0.6) is 0 Å². The van der Waals surface area contributed by atoms with Gasteiger partial charge in [-0.15, -0.1) is 11.3 Å². The van der Waals surface area contributed by atoms with Gasteiger partial charge in [0.25, 0.3) is 0 Å². The standard InChI is InChI=1S/C16H21BrN4OS/c1-16(2)6-13-11(7-19-20(13)3)9-21(10-16)15(22)18-8-12-4-5-14(17)23-12/h4-5,7H,6,8-10H2,1-3H3,(H,18,22). The van der Waals surface area contributed by atoms with E-state index in [-0.39, 0.29) is 11.4 Å². The Morgan fingerprint density at radius 3 is 2.96 bits per heavy atom. The van der Waals surface area contributed by atoms with E-state index in [1.54, 1.807) is 11.3 Å². The minimum Gasteiger partial charge on any atom is -0.333 e. The van der Waals surface area contributed by atoms with Gasteiger partial charge in [0.05, 0.1) is 23.1 Å². The summed E-state index contributed by atoms with van der Waals surface area (Å²) in [5.74, 6) is 0. The average Bonchev–Trinajstić information content (AvgIpc) is 2.99. The number of amides is 2. The lowest BCUT2D eigenvalue weighted by Crippen LogP contribution is -2.43. The van der Waals surface area contributed by atoms with Gasteiger partial charge in [-0.05, 0) is 39.9 Å². The number of hydrogen-bond donors (Lipinski definition) is 1. The van der Waals surface area contributed by atoms with Crippen molar-refractivity contribution in [2.24, 2.45) is 12.5 Å². The van der Waals surface area contributed by atoms with E-state index >= 15 is 0 Å². The third-order valence-electron chi connectivity index (χ3n) is 4.10. The van der Waals surface area contributed by atoms with Gasteiger partial charge in [0.2, 0.25) is 0 Å². The Bertz CT molecular complexity index is 721. The topological polar surface area (TPSA) is 50.2 Å². The summed E-state index contributed by atoms with van der Waals surface area (Å²) in [5, 5.41) is 7.38. The van der Waals surface area contributed by atoms with E-state index in [1.807, 2.05) is 35.0 Å². The number of fused-ring (bicyclic) bond motifs is 1. The number of carbonyl (C=O) groups is 1. The summed E-state index contributed by atoms with van der Waals surface area (Å²) in [6.07, 6.45) is 2.81. The molecule has 0 aromatic carbocycles. The third-order valence-corrected chi connectivity index (χ3v) is 5.73. The number of nitrogens with zero attached hydrogens (tertiary/aromatic N) is 3. The fraction of sp³-hybridized carbons (Fsp3) is 0.500. The molecule has 1 aliphatic heterocycles. The smallest absolute Gasteiger partial charge is 0.318 e. The van der Waals surface area contributed by atoms with Crippen LogP contribution in [0.3, 0.4) is 0 Å². The van der Waals surface area contributed by atoms with Crippen LogP contribution in [-0.4, -0.2) is 27.3 Å². The molecule has 2 aromatic heterocycles. The van der Waals surface area contributed by atoms with Crippen molar-refractivity contribution in [2.75, 3.05) is 6.54 Å². The first-order valence-electron chi connectivity index (χ1n) is 7.61. The van der Waals surface area contributed by atoms with Gasteiger partial charge in [0.15, 0.2) is 0 Å². The van der Waals surface area contributed by atoms with E-state index < -0.39 is 0 Å². The highest BCUT2D eigenvalue weighted by Crippen LogP contribution is 2.30. The minimum absolute atomic E-state index is 0.0145. The summed E-state index contributed by atoms with van der Waals surface area (Å²) in [4.78, 5) is 15.7. The van der Waals surface area contributed by atoms with Crippen LogP contribution in [0, 0.1) is 5.41 Å². The van der Waals surface area contributed by atoms with Gasteiger partial charge in [-0.3, -0.25) is 4.68 Å². The number of halogens is 1. The molecule has 1 aliphatic rings. The van der Waals surface area contributed by atoms with E-state index in [1.165, 1.54) is 5.69 Å². The first-order chi connectivity index (χ1) is 10.8. The molecular formula is C16H21BrN4OS. The molecule has 0 bridgehead atoms. The summed E-state index contributed by atoms with van der Waals surface area (Å²) in [6, 6.07) is 4.02. The van der Waals surface area contributed by atoms with E-state index in [0.717, 1.165) is 27.2 Å². The molecule has 23 heavy (non-hydrogen) atoms. The maximum absolute atomic E-state index is 12.6. The largest absolute Gasteiger partial charge is 0.333 e. The first-order valence-corrected chi connectivity index (χ1v) is 9.22. The second kappa shape index (κ2) is 6.28. The van der Waals surface area contributed by atoms with Gasteiger partial charge in [-0.2, -0.15) is 5.10 Å². The molecule has 5 nitrogen and oxygen atoms in total. The van der Waals surface area contributed by atoms with Gasteiger partial charge in [0.1, 0.15) is 0 Å². The van der Waals surface area contributed by atoms with E-state index in [2.05, 4.69) is 40.2 Å². The lowest BCUT2D eigenvalue weighted by atomic mass is 9.87. The molecular weight excluding hydrogens is 376 g/mol. The van der Waals surface area contributed by atoms with Crippen molar-refractivity contribution < 1.29 is 4.79 Å². The lowest BCUT2D eigenvalue weighted by Gasteiger charge is -2.29. The summed E-state index contributed by atoms with van der Waals surface area (Å²) < 4.78 is 3.01. The van der Waals surface area contributed by atoms with E-state index in [0.29, 0.717) is 13.1 Å². The fourth-order valence-corrected chi connectivity index (χ4v) is 4.44. The molecule has 1 N–H and O–H groups in total. The Morgan fingerprint density at radius 2 is 2.26 bits per heavy atom. The Labute approximate surface area is 148 Å². The SMILES string of the molecule is Cn1ncc2c1CC(C)(C)CN(C(=O)NCc1ccc(Br)s1)C2. The molecule has 0 radical (unpaired) electrons. The Kier molecular flexibility index (Phi) is 4.51. The number of aromatic nitrogens is 2. The molecule has 3 heterocycles. The van der Waals surface area contributed by atoms with Crippen LogP contribution in [0.4, 0.5) is 4.79 Å². The fourth-order valence-electron chi connectivity index (χ4n) is 3.02. The van der Waals surface area contributed by atoms with Crippen LogP contribution in [0.15, 0.2) is 22.1 Å². The zero-order valence-electron chi connectivity index (χ0n) is 13.6. The predicted octanol–water partition coefficient (Wildman–Crippen LogP) is 3.54. The van der Waals surface area contributed by atoms with E-state index in [4.69, 9.17) is 0 Å². The number of aryl methyl sites for hydroxylation is 1. The Hall–Kier alpha value is -1.34. The molecule has 0 saturated carbocycles. The molecule has 7 heteroatoms. The summed E-state index contributed by atoms with van der Waals surface area (Å²) >= 11 is 5.09. The molecule has 0 saturated heterocycles. The minimum atomic E-state index is -0.0145. The van der Waals surface area contributed by atoms with Crippen molar-refractivity contribution in [3.63, 3.8) is 0 Å². The molecule has 0 spiro atoms. The second-order valence-electron chi connectivity index (χ2n) is 6.80. The van der Waals surface area contributed by atoms with Crippen LogP contribution in [-0.2, 0) is 26.6 Å². The highest BCUT2D eigenvalue weighted by atomic mass is 79.9. The Morgan fingerprint density at radius 1 is 1.48 bits per heavy atom. The maximum atomic E-state index is 12.6. The number of carbonyl (C=O) groups excluding carboxylic acids is 1. The van der Waals surface area contributed by atoms with Crippen LogP contribution in [0.25, 0.3) is 0 Å². The average molecular weight is 397 g/mol. The number of rotatable bonds is 2. The van der Waals surface area contributed by atoms with Crippen LogP contribution >= 0.6 is 27.3 Å². The number of urea groups is 1. The molecule has 0 unspecified atom stereocenters. The van der Waals surface area contributed by atoms with Crippen LogP contribution in [0.2, 0.25) is 0 Å². The van der Waals surface area contributed by atoms with Crippen molar-refractivity contribution in [1.82, 2.24) is 20.0 Å². The zero-order valence-corrected chi connectivity index (χ0v) is 16.0. The predicted molar refractivity (Wildman–Crippen MR) is 95.4 cm³/mol. The van der Waals surface area contributed by atoms with Crippen molar-refractivity contribution in [1.29, 1.82) is 0 Å². The summed E-state index contributed by atoms with van der Waals surface area (Å²) in [5.41, 5.74) is 2.40. The first kappa shape index (κ1) is 16.5. The molecule has 3 rings (SSSR count). The molecule has 0 fully saturated rings. The quantitative estimate of drug-likeness (QED) is 0.843. The highest BCUT2D eigenvalue weighted by molar-refractivity contribution is 9.11. The van der Waals surface area contributed by atoms with Gasteiger partial charge >= 0.3 is 6.03 Å². The number of thiophene rings is 1. The molecule has 2 amide bonds. The van der Waals surface area contributed by atoms with E-state index in [9.17, 15) is 4.79 Å². The van der Waals surface area contributed by atoms with Gasteiger partial charge in [-0.25, -0.2) is 4.79 Å². The number of nitrogens with one attached hydrogen (secondary N) is 1. The second-order valence-corrected chi connectivity index (χ2v) is 9.35. The molecule has 0 atom stereocenters. The maximum Gasteiger partial charge on any atom is 0.318 e. The Balaban J connectivity index is 1.72. The summed E-state index contributed by atoms with van der Waals surface area (Å²) in [6.45, 7) is 6.32. The van der Waals surface area contributed by atoms with Gasteiger partial charge in [-0.1, -0.05) is 13.8 Å². The lowest BCUT2D eigenvalue weighted by molar-refractivity contribution is 0.167. The van der Waals surface area contributed by atoms with Crippen molar-refractivity contribution in [2.45, 2.75) is 33.4 Å². The van der Waals surface area contributed by atoms with Gasteiger partial charge < -0.3 is 10.2 Å². The highest BCUT2D eigenvalue weighted by Gasteiger charge is 2.31. The molecule has 2 aromatic rings. The molecule has 0 aliphatic carbocycles. The van der Waals surface area contributed by atoms with Crippen molar-refractivity contribution in [3.05, 3.63) is 38.3 Å². The third kappa shape index (κ3) is 3.77. The summed E-state index contributed by atoms with van der Waals surface area (Å²) in [7, 11) is 1.97.